The number of aliphatic imine (C=N–C) groups is 1. The topological polar surface area (TPSA) is 90.8 Å². The van der Waals surface area contributed by atoms with E-state index in [1.807, 2.05) is 39.8 Å². The highest BCUT2D eigenvalue weighted by atomic mass is 32.2. The van der Waals surface area contributed by atoms with E-state index in [0.717, 1.165) is 23.2 Å². The van der Waals surface area contributed by atoms with Gasteiger partial charge >= 0.3 is 0 Å². The number of guanidine groups is 1. The van der Waals surface area contributed by atoms with Crippen molar-refractivity contribution in [3.8, 4) is 5.75 Å². The second-order valence-corrected chi connectivity index (χ2v) is 8.50. The van der Waals surface area contributed by atoms with Gasteiger partial charge in [0.2, 0.25) is 0 Å². The Morgan fingerprint density at radius 2 is 1.88 bits per heavy atom. The minimum atomic E-state index is -2.96. The van der Waals surface area contributed by atoms with Crippen LogP contribution < -0.4 is 10.6 Å². The van der Waals surface area contributed by atoms with Crippen LogP contribution in [0, 0.1) is 13.8 Å². The summed E-state index contributed by atoms with van der Waals surface area (Å²) in [5, 5.41) is 16.2. The molecule has 0 amide bonds. The molecular formula is C17H29N3O3S. The van der Waals surface area contributed by atoms with Gasteiger partial charge < -0.3 is 15.7 Å². The van der Waals surface area contributed by atoms with Gasteiger partial charge in [-0.25, -0.2) is 13.4 Å². The lowest BCUT2D eigenvalue weighted by molar-refractivity contribution is 0.466. The Balaban J connectivity index is 2.75. The Bertz CT molecular complexity index is 661. The van der Waals surface area contributed by atoms with E-state index in [-0.39, 0.29) is 11.8 Å². The molecule has 0 saturated carbocycles. The van der Waals surface area contributed by atoms with Crippen molar-refractivity contribution >= 4 is 15.8 Å². The highest BCUT2D eigenvalue weighted by molar-refractivity contribution is 7.90. The molecule has 0 aliphatic heterocycles. The third-order valence-corrected chi connectivity index (χ3v) is 4.60. The minimum absolute atomic E-state index is 0.000755. The van der Waals surface area contributed by atoms with Gasteiger partial charge in [-0.2, -0.15) is 0 Å². The highest BCUT2D eigenvalue weighted by Crippen LogP contribution is 2.23. The molecule has 0 bridgehead atoms. The number of hydrogen-bond donors (Lipinski definition) is 3. The van der Waals surface area contributed by atoms with E-state index in [9.17, 15) is 13.5 Å². The van der Waals surface area contributed by atoms with Crippen molar-refractivity contribution in [2.75, 3.05) is 18.6 Å². The number of hydrogen-bond acceptors (Lipinski definition) is 4. The van der Waals surface area contributed by atoms with Gasteiger partial charge in [0.05, 0.1) is 12.3 Å². The Hall–Kier alpha value is -1.76. The van der Waals surface area contributed by atoms with E-state index in [1.165, 1.54) is 6.26 Å². The lowest BCUT2D eigenvalue weighted by Gasteiger charge is -2.17. The van der Waals surface area contributed by atoms with Gasteiger partial charge in [-0.3, -0.25) is 0 Å². The summed E-state index contributed by atoms with van der Waals surface area (Å²) in [6, 6.07) is 3.84. The second kappa shape index (κ2) is 8.92. The molecule has 1 rings (SSSR count). The maximum absolute atomic E-state index is 11.3. The van der Waals surface area contributed by atoms with Crippen molar-refractivity contribution in [2.45, 2.75) is 46.7 Å². The van der Waals surface area contributed by atoms with Crippen LogP contribution in [-0.4, -0.2) is 44.1 Å². The molecule has 1 aromatic rings. The summed E-state index contributed by atoms with van der Waals surface area (Å²) in [5.74, 6) is 1.13. The van der Waals surface area contributed by atoms with Crippen molar-refractivity contribution in [2.24, 2.45) is 4.99 Å². The predicted molar refractivity (Wildman–Crippen MR) is 99.3 cm³/mol. The molecule has 0 aliphatic rings. The smallest absolute Gasteiger partial charge is 0.191 e. The number of phenolic OH excluding ortho intramolecular Hbond substituents is 1. The van der Waals surface area contributed by atoms with E-state index < -0.39 is 9.84 Å². The van der Waals surface area contributed by atoms with E-state index >= 15 is 0 Å². The van der Waals surface area contributed by atoms with Crippen molar-refractivity contribution in [3.63, 3.8) is 0 Å². The lowest BCUT2D eigenvalue weighted by atomic mass is 10.1. The predicted octanol–water partition coefficient (Wildman–Crippen LogP) is 1.89. The number of rotatable bonds is 7. The number of sulfone groups is 1. The van der Waals surface area contributed by atoms with Gasteiger partial charge in [0, 0.05) is 18.8 Å². The largest absolute Gasteiger partial charge is 0.507 e. The molecule has 6 nitrogen and oxygen atoms in total. The van der Waals surface area contributed by atoms with Gasteiger partial charge in [-0.1, -0.05) is 12.1 Å². The number of phenols is 1. The van der Waals surface area contributed by atoms with Crippen LogP contribution in [0.4, 0.5) is 0 Å². The van der Waals surface area contributed by atoms with Crippen molar-refractivity contribution < 1.29 is 13.5 Å². The van der Waals surface area contributed by atoms with Crippen LogP contribution in [0.3, 0.4) is 0 Å². The first kappa shape index (κ1) is 20.3. The summed E-state index contributed by atoms with van der Waals surface area (Å²) in [7, 11) is -2.96. The Morgan fingerprint density at radius 3 is 2.38 bits per heavy atom. The summed E-state index contributed by atoms with van der Waals surface area (Å²) < 4.78 is 22.5. The van der Waals surface area contributed by atoms with Crippen LogP contribution in [0.1, 0.15) is 37.0 Å². The normalized spacial score (nSPS) is 13.6. The molecule has 0 aliphatic carbocycles. The molecule has 0 spiro atoms. The molecule has 1 aromatic carbocycles. The van der Waals surface area contributed by atoms with E-state index in [4.69, 9.17) is 0 Å². The van der Waals surface area contributed by atoms with Crippen molar-refractivity contribution in [1.82, 2.24) is 10.6 Å². The van der Waals surface area contributed by atoms with Gasteiger partial charge in [0.25, 0.3) is 0 Å². The van der Waals surface area contributed by atoms with Crippen LogP contribution >= 0.6 is 0 Å². The summed E-state index contributed by atoms with van der Waals surface area (Å²) in [4.78, 5) is 4.54. The molecule has 1 unspecified atom stereocenters. The van der Waals surface area contributed by atoms with Crippen LogP contribution in [0.5, 0.6) is 5.75 Å². The molecule has 0 aromatic heterocycles. The zero-order valence-electron chi connectivity index (χ0n) is 15.2. The summed E-state index contributed by atoms with van der Waals surface area (Å²) in [6.07, 6.45) is 1.77. The summed E-state index contributed by atoms with van der Waals surface area (Å²) in [6.45, 7) is 8.85. The highest BCUT2D eigenvalue weighted by Gasteiger charge is 2.10. The zero-order valence-corrected chi connectivity index (χ0v) is 16.0. The molecular weight excluding hydrogens is 326 g/mol. The molecule has 0 fully saturated rings. The molecule has 0 heterocycles. The van der Waals surface area contributed by atoms with Gasteiger partial charge in [0.1, 0.15) is 15.6 Å². The lowest BCUT2D eigenvalue weighted by Crippen LogP contribution is -2.42. The number of aromatic hydroxyl groups is 1. The first-order chi connectivity index (χ1) is 11.1. The molecule has 3 N–H and O–H groups in total. The van der Waals surface area contributed by atoms with Gasteiger partial charge in [-0.15, -0.1) is 0 Å². The van der Waals surface area contributed by atoms with E-state index in [2.05, 4.69) is 15.6 Å². The maximum atomic E-state index is 11.3. The van der Waals surface area contributed by atoms with Gasteiger partial charge in [0.15, 0.2) is 5.96 Å². The molecule has 1 atom stereocenters. The molecule has 136 valence electrons. The fraction of sp³-hybridized carbons (Fsp3) is 0.588. The van der Waals surface area contributed by atoms with Crippen LogP contribution in [0.15, 0.2) is 17.1 Å². The van der Waals surface area contributed by atoms with Gasteiger partial charge in [-0.05, 0) is 50.8 Å². The third-order valence-electron chi connectivity index (χ3n) is 3.62. The number of nitrogens with zero attached hydrogens (tertiary/aromatic N) is 1. The molecule has 0 saturated heterocycles. The fourth-order valence-corrected chi connectivity index (χ4v) is 3.11. The summed E-state index contributed by atoms with van der Waals surface area (Å²) >= 11 is 0. The second-order valence-electron chi connectivity index (χ2n) is 6.24. The Labute approximate surface area is 145 Å². The van der Waals surface area contributed by atoms with Crippen LogP contribution in [0.2, 0.25) is 0 Å². The monoisotopic (exact) mass is 355 g/mol. The number of nitrogens with one attached hydrogen (secondary N) is 2. The van der Waals surface area contributed by atoms with Crippen molar-refractivity contribution in [3.05, 3.63) is 28.8 Å². The van der Waals surface area contributed by atoms with E-state index in [0.29, 0.717) is 24.7 Å². The average Bonchev–Trinajstić information content (AvgIpc) is 2.47. The van der Waals surface area contributed by atoms with Crippen LogP contribution in [0.25, 0.3) is 0 Å². The quantitative estimate of drug-likeness (QED) is 0.513. The number of benzene rings is 1. The minimum Gasteiger partial charge on any atom is -0.507 e. The Kier molecular flexibility index (Phi) is 7.54. The SMILES string of the molecule is CCNC(=NCc1cc(C)c(O)c(C)c1)NC(C)CCS(C)(=O)=O. The standard InChI is InChI=1S/C17H29N3O3S/c1-6-18-17(20-14(4)7-8-24(5,22)23)19-11-15-9-12(2)16(21)13(3)10-15/h9-10,14,21H,6-8,11H2,1-5H3,(H2,18,19,20). The Morgan fingerprint density at radius 1 is 1.29 bits per heavy atom. The first-order valence-electron chi connectivity index (χ1n) is 8.14. The average molecular weight is 356 g/mol. The molecule has 7 heteroatoms. The fourth-order valence-electron chi connectivity index (χ4n) is 2.32. The van der Waals surface area contributed by atoms with Crippen molar-refractivity contribution in [1.29, 1.82) is 0 Å². The summed E-state index contributed by atoms with van der Waals surface area (Å²) in [5.41, 5.74) is 2.68. The van der Waals surface area contributed by atoms with E-state index in [1.54, 1.807) is 0 Å². The maximum Gasteiger partial charge on any atom is 0.191 e. The third kappa shape index (κ3) is 7.21. The first-order valence-corrected chi connectivity index (χ1v) is 10.2. The van der Waals surface area contributed by atoms with Crippen LogP contribution in [-0.2, 0) is 16.4 Å². The number of aryl methyl sites for hydroxylation is 2. The molecule has 0 radical (unpaired) electrons. The molecule has 24 heavy (non-hydrogen) atoms. The zero-order chi connectivity index (χ0) is 18.3.